The van der Waals surface area contributed by atoms with Crippen LogP contribution < -0.4 is 0 Å². The molecule has 9 aromatic rings. The molecule has 0 amide bonds. The Balaban J connectivity index is 1.50. The lowest BCUT2D eigenvalue weighted by Crippen LogP contribution is -2.02. The minimum atomic E-state index is 0.667. The maximum atomic E-state index is 5.29. The van der Waals surface area contributed by atoms with Crippen molar-refractivity contribution in [2.75, 3.05) is 0 Å². The molecule has 0 aliphatic carbocycles. The molecule has 9 rings (SSSR count). The van der Waals surface area contributed by atoms with Gasteiger partial charge < -0.3 is 0 Å². The van der Waals surface area contributed by atoms with Crippen LogP contribution in [-0.4, -0.2) is 19.5 Å². The average Bonchev–Trinajstić information content (AvgIpc) is 3.57. The number of pyridine rings is 1. The summed E-state index contributed by atoms with van der Waals surface area (Å²) in [5.74, 6) is 0.667. The van der Waals surface area contributed by atoms with E-state index in [0.717, 1.165) is 37.9 Å². The second-order valence-corrected chi connectivity index (χ2v) is 11.1. The molecule has 4 aromatic heterocycles. The Morgan fingerprint density at radius 2 is 1.23 bits per heavy atom. The summed E-state index contributed by atoms with van der Waals surface area (Å²) >= 11 is 1.74. The number of rotatable bonds is 2. The molecule has 0 spiro atoms. The molecule has 0 N–H and O–H groups in total. The fourth-order valence-corrected chi connectivity index (χ4v) is 7.29. The third-order valence-electron chi connectivity index (χ3n) is 7.89. The number of thiophene rings is 1. The number of fused-ring (bicyclic) bond motifs is 10. The zero-order valence-electron chi connectivity index (χ0n) is 21.2. The minimum absolute atomic E-state index is 0.667. The van der Waals surface area contributed by atoms with Gasteiger partial charge in [0.1, 0.15) is 0 Å². The van der Waals surface area contributed by atoms with Crippen molar-refractivity contribution in [2.24, 2.45) is 0 Å². The summed E-state index contributed by atoms with van der Waals surface area (Å²) < 4.78 is 4.53. The highest BCUT2D eigenvalue weighted by atomic mass is 32.1. The first-order chi connectivity index (χ1) is 19.8. The standard InChI is InChI=1S/C35H20N4S/c1-3-11-24-21(8-1)15-17-27-30(24)31-25-12-4-2-9-22(25)16-18-28(31)39(27)35-37-32(23-10-7-19-36-20-23)34-33(38-35)26-13-5-6-14-29(26)40-34/h1-20H. The third-order valence-corrected chi connectivity index (χ3v) is 9.06. The summed E-state index contributed by atoms with van der Waals surface area (Å²) in [5, 5.41) is 8.51. The molecule has 0 radical (unpaired) electrons. The molecule has 0 unspecified atom stereocenters. The SMILES string of the molecule is c1cncc(-c2nc(-n3c4ccc5ccccc5c4c4c5ccccc5ccc43)nc3c2sc2ccccc23)c1. The van der Waals surface area contributed by atoms with Crippen LogP contribution in [0.1, 0.15) is 0 Å². The van der Waals surface area contributed by atoms with E-state index in [-0.39, 0.29) is 0 Å². The summed E-state index contributed by atoms with van der Waals surface area (Å²) in [6.07, 6.45) is 3.69. The van der Waals surface area contributed by atoms with Gasteiger partial charge in [0, 0.05) is 38.8 Å². The van der Waals surface area contributed by atoms with Gasteiger partial charge in [-0.1, -0.05) is 78.9 Å². The van der Waals surface area contributed by atoms with Crippen molar-refractivity contribution in [3.63, 3.8) is 0 Å². The lowest BCUT2D eigenvalue weighted by Gasteiger charge is -2.10. The molecule has 4 heterocycles. The summed E-state index contributed by atoms with van der Waals surface area (Å²) in [7, 11) is 0. The van der Waals surface area contributed by atoms with Crippen molar-refractivity contribution in [3.05, 3.63) is 122 Å². The van der Waals surface area contributed by atoms with Crippen LogP contribution in [0.15, 0.2) is 122 Å². The van der Waals surface area contributed by atoms with Gasteiger partial charge in [0.05, 0.1) is 26.9 Å². The number of hydrogen-bond donors (Lipinski definition) is 0. The van der Waals surface area contributed by atoms with E-state index in [9.17, 15) is 0 Å². The highest BCUT2D eigenvalue weighted by Gasteiger charge is 2.21. The van der Waals surface area contributed by atoms with Crippen LogP contribution in [0, 0.1) is 0 Å². The highest BCUT2D eigenvalue weighted by molar-refractivity contribution is 7.26. The maximum Gasteiger partial charge on any atom is 0.235 e. The van der Waals surface area contributed by atoms with Crippen molar-refractivity contribution in [1.29, 1.82) is 0 Å². The smallest absolute Gasteiger partial charge is 0.235 e. The molecule has 186 valence electrons. The predicted octanol–water partition coefficient (Wildman–Crippen LogP) is 9.31. The predicted molar refractivity (Wildman–Crippen MR) is 168 cm³/mol. The van der Waals surface area contributed by atoms with E-state index < -0.39 is 0 Å². The quantitative estimate of drug-likeness (QED) is 0.225. The van der Waals surface area contributed by atoms with Crippen molar-refractivity contribution in [1.82, 2.24) is 19.5 Å². The first kappa shape index (κ1) is 21.8. The largest absolute Gasteiger partial charge is 0.278 e. The van der Waals surface area contributed by atoms with Crippen LogP contribution in [0.4, 0.5) is 0 Å². The summed E-state index contributed by atoms with van der Waals surface area (Å²) in [5.41, 5.74) is 5.06. The summed E-state index contributed by atoms with van der Waals surface area (Å²) in [4.78, 5) is 15.0. The van der Waals surface area contributed by atoms with Crippen LogP contribution in [0.3, 0.4) is 0 Å². The van der Waals surface area contributed by atoms with Gasteiger partial charge >= 0.3 is 0 Å². The number of aromatic nitrogens is 4. The van der Waals surface area contributed by atoms with E-state index in [2.05, 4.69) is 113 Å². The molecule has 4 nitrogen and oxygen atoms in total. The van der Waals surface area contributed by atoms with Crippen molar-refractivity contribution in [2.45, 2.75) is 0 Å². The Hall–Kier alpha value is -5.13. The Labute approximate surface area is 232 Å². The first-order valence-corrected chi connectivity index (χ1v) is 14.1. The molecule has 0 aliphatic rings. The second-order valence-electron chi connectivity index (χ2n) is 10.1. The van der Waals surface area contributed by atoms with Gasteiger partial charge in [-0.25, -0.2) is 9.97 Å². The first-order valence-electron chi connectivity index (χ1n) is 13.3. The monoisotopic (exact) mass is 528 g/mol. The Bertz CT molecular complexity index is 2340. The Morgan fingerprint density at radius 1 is 0.575 bits per heavy atom. The molecule has 0 fully saturated rings. The lowest BCUT2D eigenvalue weighted by molar-refractivity contribution is 1.02. The van der Waals surface area contributed by atoms with Gasteiger partial charge in [0.25, 0.3) is 0 Å². The van der Waals surface area contributed by atoms with E-state index in [1.54, 1.807) is 17.5 Å². The van der Waals surface area contributed by atoms with E-state index in [1.165, 1.54) is 37.0 Å². The number of hydrogen-bond acceptors (Lipinski definition) is 4. The third kappa shape index (κ3) is 2.98. The average molecular weight is 529 g/mol. The van der Waals surface area contributed by atoms with Gasteiger partial charge in [0.15, 0.2) is 0 Å². The molecule has 5 aromatic carbocycles. The van der Waals surface area contributed by atoms with Gasteiger partial charge in [-0.05, 0) is 51.9 Å². The maximum absolute atomic E-state index is 5.29. The van der Waals surface area contributed by atoms with Gasteiger partial charge in [0.2, 0.25) is 5.95 Å². The number of benzene rings is 5. The minimum Gasteiger partial charge on any atom is -0.278 e. The van der Waals surface area contributed by atoms with Crippen LogP contribution in [0.5, 0.6) is 0 Å². The molecule has 0 atom stereocenters. The van der Waals surface area contributed by atoms with E-state index in [1.807, 2.05) is 12.3 Å². The Kier molecular flexibility index (Phi) is 4.45. The number of nitrogens with zero attached hydrogens (tertiary/aromatic N) is 4. The van der Waals surface area contributed by atoms with E-state index in [0.29, 0.717) is 5.95 Å². The lowest BCUT2D eigenvalue weighted by atomic mass is 10.00. The van der Waals surface area contributed by atoms with E-state index >= 15 is 0 Å². The molecular weight excluding hydrogens is 508 g/mol. The zero-order chi connectivity index (χ0) is 26.2. The highest BCUT2D eigenvalue weighted by Crippen LogP contribution is 2.42. The molecule has 40 heavy (non-hydrogen) atoms. The topological polar surface area (TPSA) is 43.6 Å². The summed E-state index contributed by atoms with van der Waals surface area (Å²) in [6, 6.07) is 38.6. The molecule has 0 saturated carbocycles. The molecule has 5 heteroatoms. The fraction of sp³-hybridized carbons (Fsp3) is 0. The molecular formula is C35H20N4S. The van der Waals surface area contributed by atoms with Crippen LogP contribution in [0.2, 0.25) is 0 Å². The van der Waals surface area contributed by atoms with Crippen LogP contribution >= 0.6 is 11.3 Å². The van der Waals surface area contributed by atoms with Gasteiger partial charge in [-0.2, -0.15) is 0 Å². The fourth-order valence-electron chi connectivity index (χ4n) is 6.14. The normalized spacial score (nSPS) is 12.0. The van der Waals surface area contributed by atoms with E-state index in [4.69, 9.17) is 9.97 Å². The molecule has 0 saturated heterocycles. The Morgan fingerprint density at radius 3 is 1.90 bits per heavy atom. The summed E-state index contributed by atoms with van der Waals surface area (Å²) in [6.45, 7) is 0. The van der Waals surface area contributed by atoms with Crippen molar-refractivity contribution < 1.29 is 0 Å². The van der Waals surface area contributed by atoms with Crippen LogP contribution in [0.25, 0.3) is 80.9 Å². The van der Waals surface area contributed by atoms with Crippen LogP contribution in [-0.2, 0) is 0 Å². The second kappa shape index (κ2) is 8.18. The molecule has 0 aliphatic heterocycles. The van der Waals surface area contributed by atoms with Crippen molar-refractivity contribution in [3.8, 4) is 17.2 Å². The molecule has 0 bridgehead atoms. The van der Waals surface area contributed by atoms with Gasteiger partial charge in [-0.3, -0.25) is 9.55 Å². The van der Waals surface area contributed by atoms with Gasteiger partial charge in [-0.15, -0.1) is 11.3 Å². The van der Waals surface area contributed by atoms with Crippen molar-refractivity contribution >= 4 is 75.0 Å². The zero-order valence-corrected chi connectivity index (χ0v) is 22.1.